The van der Waals surface area contributed by atoms with E-state index in [9.17, 15) is 0 Å². The van der Waals surface area contributed by atoms with Crippen LogP contribution >= 0.6 is 16.3 Å². The molecule has 1 unspecified atom stereocenters. The second-order valence-electron chi connectivity index (χ2n) is 2.98. The van der Waals surface area contributed by atoms with Gasteiger partial charge < -0.3 is 8.93 Å². The van der Waals surface area contributed by atoms with Gasteiger partial charge in [0, 0.05) is 0 Å². The Morgan fingerprint density at radius 1 is 1.60 bits per heavy atom. The molecule has 0 spiro atoms. The Morgan fingerprint density at radius 3 is 3.00 bits per heavy atom. The Bertz CT molecular complexity index is 366. The molecule has 1 aliphatic heterocycles. The molecule has 0 saturated heterocycles. The summed E-state index contributed by atoms with van der Waals surface area (Å²) >= 11 is 2.86. The molecular formula is C9H9BrN2O3. The van der Waals surface area contributed by atoms with Crippen LogP contribution in [0.5, 0.6) is 5.75 Å². The Balaban J connectivity index is 2.16. The second-order valence-corrected chi connectivity index (χ2v) is 3.30. The summed E-state index contributed by atoms with van der Waals surface area (Å²) in [6.07, 6.45) is 3.05. The summed E-state index contributed by atoms with van der Waals surface area (Å²) < 4.78 is 4.81. The topological polar surface area (TPSA) is 63.6 Å². The number of aliphatic hydroxyl groups is 1. The van der Waals surface area contributed by atoms with Crippen molar-refractivity contribution in [3.63, 3.8) is 0 Å². The third-order valence-corrected chi connectivity index (χ3v) is 2.33. The number of aromatic nitrogens is 1. The Kier molecular flexibility index (Phi) is 3.20. The van der Waals surface area contributed by atoms with Gasteiger partial charge in [0.2, 0.25) is 0 Å². The normalized spacial score (nSPS) is 19.6. The molecule has 0 radical (unpaired) electrons. The van der Waals surface area contributed by atoms with E-state index in [1.807, 2.05) is 0 Å². The molecule has 5 nitrogen and oxygen atoms in total. The van der Waals surface area contributed by atoms with Gasteiger partial charge in [-0.25, -0.2) is 0 Å². The van der Waals surface area contributed by atoms with Crippen LogP contribution in [-0.2, 0) is 4.84 Å². The van der Waals surface area contributed by atoms with Gasteiger partial charge in [-0.3, -0.25) is 15.3 Å². The van der Waals surface area contributed by atoms with Crippen molar-refractivity contribution in [3.8, 4) is 5.75 Å². The molecule has 0 fully saturated rings. The number of hydrogen-bond donors (Lipinski definition) is 2. The Hall–Kier alpha value is -1.11. The molecule has 0 aliphatic carbocycles. The number of nitrogens with zero attached hydrogens (tertiary/aromatic N) is 1. The maximum absolute atomic E-state index is 8.86. The zero-order valence-corrected chi connectivity index (χ0v) is 9.27. The molecule has 2 rings (SSSR count). The van der Waals surface area contributed by atoms with Gasteiger partial charge in [0.1, 0.15) is 6.10 Å². The molecule has 0 amide bonds. The molecule has 1 aromatic heterocycles. The maximum Gasteiger partial charge on any atom is 0.179 e. The van der Waals surface area contributed by atoms with Gasteiger partial charge in [0.25, 0.3) is 0 Å². The van der Waals surface area contributed by atoms with E-state index in [1.165, 1.54) is 0 Å². The molecule has 0 aromatic carbocycles. The summed E-state index contributed by atoms with van der Waals surface area (Å²) in [6, 6.07) is 3.56. The average Bonchev–Trinajstić information content (AvgIpc) is 2.78. The lowest BCUT2D eigenvalue weighted by Gasteiger charge is -2.03. The van der Waals surface area contributed by atoms with E-state index in [4.69, 9.17) is 13.8 Å². The van der Waals surface area contributed by atoms with Crippen molar-refractivity contribution < 1.29 is 13.8 Å². The van der Waals surface area contributed by atoms with Crippen molar-refractivity contribution in [1.29, 1.82) is 0 Å². The lowest BCUT2D eigenvalue weighted by molar-refractivity contribution is 0.0172. The molecule has 15 heavy (non-hydrogen) atoms. The number of hydrogen-bond acceptors (Lipinski definition) is 5. The van der Waals surface area contributed by atoms with Crippen molar-refractivity contribution >= 4 is 22.0 Å². The van der Waals surface area contributed by atoms with Gasteiger partial charge in [-0.05, 0) is 18.2 Å². The molecule has 2 N–H and O–H groups in total. The van der Waals surface area contributed by atoms with Crippen molar-refractivity contribution in [2.45, 2.75) is 6.10 Å². The van der Waals surface area contributed by atoms with Crippen molar-refractivity contribution in [2.24, 2.45) is 0 Å². The van der Waals surface area contributed by atoms with Gasteiger partial charge >= 0.3 is 0 Å². The van der Waals surface area contributed by atoms with Crippen LogP contribution < -0.4 is 9.31 Å². The molecule has 1 atom stereocenters. The van der Waals surface area contributed by atoms with Gasteiger partial charge in [-0.1, -0.05) is 0 Å². The molecule has 0 saturated carbocycles. The minimum absolute atomic E-state index is 0.0565. The first-order valence-electron chi connectivity index (χ1n) is 4.33. The lowest BCUT2D eigenvalue weighted by Crippen LogP contribution is -2.15. The lowest BCUT2D eigenvalue weighted by atomic mass is 10.2. The maximum atomic E-state index is 8.86. The fourth-order valence-corrected chi connectivity index (χ4v) is 1.40. The number of nitrogens with one attached hydrogen (secondary N) is 1. The summed E-state index contributed by atoms with van der Waals surface area (Å²) in [6.45, 7) is -0.0565. The highest BCUT2D eigenvalue weighted by Gasteiger charge is 2.17. The van der Waals surface area contributed by atoms with Crippen LogP contribution in [0.25, 0.3) is 5.70 Å². The molecule has 6 heteroatoms. The monoisotopic (exact) mass is 272 g/mol. The van der Waals surface area contributed by atoms with Crippen molar-refractivity contribution in [2.75, 3.05) is 6.61 Å². The van der Waals surface area contributed by atoms with E-state index in [0.29, 0.717) is 5.75 Å². The average molecular weight is 273 g/mol. The molecule has 1 aromatic rings. The zero-order chi connectivity index (χ0) is 10.7. The van der Waals surface area contributed by atoms with E-state index in [2.05, 4.69) is 26.7 Å². The fraction of sp³-hybridized carbons (Fsp3) is 0.222. The minimum atomic E-state index is -0.311. The fourth-order valence-electron chi connectivity index (χ4n) is 1.21. The van der Waals surface area contributed by atoms with Crippen molar-refractivity contribution in [1.82, 2.24) is 10.5 Å². The van der Waals surface area contributed by atoms with Gasteiger partial charge in [0.15, 0.2) is 22.0 Å². The van der Waals surface area contributed by atoms with Crippen LogP contribution in [0.4, 0.5) is 0 Å². The van der Waals surface area contributed by atoms with E-state index in [-0.39, 0.29) is 12.7 Å². The zero-order valence-electron chi connectivity index (χ0n) is 7.68. The molecule has 2 heterocycles. The number of halogens is 1. The first-order valence-corrected chi connectivity index (χ1v) is 4.97. The smallest absolute Gasteiger partial charge is 0.179 e. The standard InChI is InChI=1S/C9H9BrN2O3/c10-14-6-1-2-8(11-4-6)9-3-7(5-13)15-12-9/h1-4,7,12-13H,5H2. The van der Waals surface area contributed by atoms with Crippen LogP contribution in [0, 0.1) is 0 Å². The van der Waals surface area contributed by atoms with E-state index in [1.54, 1.807) is 24.4 Å². The van der Waals surface area contributed by atoms with E-state index in [0.717, 1.165) is 11.4 Å². The molecule has 80 valence electrons. The van der Waals surface area contributed by atoms with Gasteiger partial charge in [-0.15, -0.1) is 0 Å². The van der Waals surface area contributed by atoms with Gasteiger partial charge in [-0.2, -0.15) is 0 Å². The summed E-state index contributed by atoms with van der Waals surface area (Å²) in [7, 11) is 0. The van der Waals surface area contributed by atoms with Gasteiger partial charge in [0.05, 0.1) is 24.2 Å². The largest absolute Gasteiger partial charge is 0.416 e. The predicted octanol–water partition coefficient (Wildman–Crippen LogP) is 1.01. The third-order valence-electron chi connectivity index (χ3n) is 1.95. The summed E-state index contributed by atoms with van der Waals surface area (Å²) in [5.74, 6) is 0.622. The second kappa shape index (κ2) is 4.61. The molecule has 1 aliphatic rings. The highest BCUT2D eigenvalue weighted by Crippen LogP contribution is 2.19. The van der Waals surface area contributed by atoms with Crippen LogP contribution in [0.3, 0.4) is 0 Å². The quantitative estimate of drug-likeness (QED) is 0.860. The first-order chi connectivity index (χ1) is 7.33. The van der Waals surface area contributed by atoms with Crippen molar-refractivity contribution in [3.05, 3.63) is 30.1 Å². The van der Waals surface area contributed by atoms with E-state index < -0.39 is 0 Å². The third kappa shape index (κ3) is 2.28. The SMILES string of the molecule is OCC1C=C(c2ccc(OBr)cn2)NO1. The highest BCUT2D eigenvalue weighted by molar-refractivity contribution is 9.06. The summed E-state index contributed by atoms with van der Waals surface area (Å²) in [5.41, 5.74) is 4.18. The number of hydroxylamine groups is 1. The minimum Gasteiger partial charge on any atom is -0.416 e. The summed E-state index contributed by atoms with van der Waals surface area (Å²) in [5, 5.41) is 8.86. The molecule has 0 bridgehead atoms. The Labute approximate surface area is 95.1 Å². The number of pyridine rings is 1. The van der Waals surface area contributed by atoms with Crippen LogP contribution in [0.1, 0.15) is 5.69 Å². The molecular weight excluding hydrogens is 264 g/mol. The number of aliphatic hydroxyl groups excluding tert-OH is 1. The van der Waals surface area contributed by atoms with Crippen LogP contribution in [-0.4, -0.2) is 22.8 Å². The van der Waals surface area contributed by atoms with Crippen LogP contribution in [0.15, 0.2) is 24.4 Å². The predicted molar refractivity (Wildman–Crippen MR) is 56.9 cm³/mol. The Morgan fingerprint density at radius 2 is 2.47 bits per heavy atom. The first kappa shape index (κ1) is 10.4. The van der Waals surface area contributed by atoms with Crippen LogP contribution in [0.2, 0.25) is 0 Å². The number of rotatable bonds is 3. The highest BCUT2D eigenvalue weighted by atomic mass is 79.9. The summed E-state index contributed by atoms with van der Waals surface area (Å²) in [4.78, 5) is 9.21. The van der Waals surface area contributed by atoms with E-state index >= 15 is 0 Å².